The van der Waals surface area contributed by atoms with E-state index in [1.54, 1.807) is 12.1 Å². The first-order chi connectivity index (χ1) is 13.7. The lowest BCUT2D eigenvalue weighted by Gasteiger charge is -2.30. The van der Waals surface area contributed by atoms with Crippen LogP contribution in [-0.2, 0) is 12.0 Å². The van der Waals surface area contributed by atoms with E-state index in [1.165, 1.54) is 37.9 Å². The number of nitrogens with one attached hydrogen (secondary N) is 1. The fourth-order valence-electron chi connectivity index (χ4n) is 4.62. The molecule has 0 radical (unpaired) electrons. The van der Waals surface area contributed by atoms with E-state index in [0.29, 0.717) is 22.4 Å². The van der Waals surface area contributed by atoms with Crippen molar-refractivity contribution in [3.63, 3.8) is 0 Å². The van der Waals surface area contributed by atoms with Crippen LogP contribution in [0.25, 0.3) is 0 Å². The number of carbonyl (C=O) groups is 1. The van der Waals surface area contributed by atoms with Crippen molar-refractivity contribution in [2.45, 2.75) is 76.2 Å². The van der Waals surface area contributed by atoms with Gasteiger partial charge in [0.05, 0.1) is 0 Å². The third kappa shape index (κ3) is 4.03. The maximum atomic E-state index is 12.9. The van der Waals surface area contributed by atoms with Crippen LogP contribution in [0.2, 0.25) is 0 Å². The van der Waals surface area contributed by atoms with Gasteiger partial charge in [-0.1, -0.05) is 43.7 Å². The Hall–Kier alpha value is -2.44. The average Bonchev–Trinajstić information content (AvgIpc) is 3.32. The second-order valence-electron chi connectivity index (χ2n) is 8.23. The number of carbonyl (C=O) groups excluding carboxylic acids is 1. The molecule has 4 rings (SSSR count). The number of rotatable bonds is 5. The fourth-order valence-corrected chi connectivity index (χ4v) is 4.62. The number of hydrogen-bond acceptors (Lipinski definition) is 5. The summed E-state index contributed by atoms with van der Waals surface area (Å²) in [5, 5.41) is 19.4. The largest absolute Gasteiger partial charge is 0.618 e. The molecule has 2 aliphatic carbocycles. The topological polar surface area (TPSA) is 95.0 Å². The van der Waals surface area contributed by atoms with E-state index in [0.717, 1.165) is 44.9 Å². The average molecular weight is 384 g/mol. The lowest BCUT2D eigenvalue weighted by atomic mass is 9.89. The summed E-state index contributed by atoms with van der Waals surface area (Å²) in [5.74, 6) is 1.46. The molecule has 7 heteroatoms. The first-order valence-corrected chi connectivity index (χ1v) is 10.5. The van der Waals surface area contributed by atoms with Gasteiger partial charge in [0.15, 0.2) is 12.0 Å². The third-order valence-electron chi connectivity index (χ3n) is 6.20. The first-order valence-electron chi connectivity index (χ1n) is 10.5. The van der Waals surface area contributed by atoms with E-state index in [1.807, 2.05) is 0 Å². The summed E-state index contributed by atoms with van der Waals surface area (Å²) >= 11 is 0. The second-order valence-corrected chi connectivity index (χ2v) is 8.23. The summed E-state index contributed by atoms with van der Waals surface area (Å²) in [6.07, 6.45) is 12.9. The van der Waals surface area contributed by atoms with Gasteiger partial charge < -0.3 is 15.0 Å². The Labute approximate surface area is 165 Å². The van der Waals surface area contributed by atoms with Gasteiger partial charge in [0, 0.05) is 18.6 Å². The summed E-state index contributed by atoms with van der Waals surface area (Å²) in [6, 6.07) is 4.84. The van der Waals surface area contributed by atoms with Gasteiger partial charge >= 0.3 is 5.91 Å². The number of amides is 1. The molecule has 7 nitrogen and oxygen atoms in total. The molecule has 1 amide bonds. The van der Waals surface area contributed by atoms with Crippen LogP contribution in [0.1, 0.15) is 86.4 Å². The Morgan fingerprint density at radius 2 is 1.93 bits per heavy atom. The lowest BCUT2D eigenvalue weighted by Crippen LogP contribution is -2.49. The first kappa shape index (κ1) is 18.9. The van der Waals surface area contributed by atoms with E-state index in [4.69, 9.17) is 9.51 Å². The van der Waals surface area contributed by atoms with Crippen LogP contribution in [0.15, 0.2) is 28.9 Å². The van der Waals surface area contributed by atoms with Gasteiger partial charge in [-0.05, 0) is 37.7 Å². The highest BCUT2D eigenvalue weighted by Crippen LogP contribution is 2.35. The van der Waals surface area contributed by atoms with Gasteiger partial charge in [0.25, 0.3) is 5.69 Å². The zero-order valence-electron chi connectivity index (χ0n) is 16.2. The Morgan fingerprint density at radius 1 is 1.18 bits per heavy atom. The van der Waals surface area contributed by atoms with E-state index < -0.39 is 5.54 Å². The highest BCUT2D eigenvalue weighted by atomic mass is 16.5. The standard InChI is InChI=1S/C21H28N4O3/c26-19(17-11-5-8-14-25(17)27)23-21(12-6-1-2-7-13-21)20-22-18(28-24-20)15-16-9-3-4-10-16/h5,8,11,14,16H,1-4,6-7,9-10,12-13,15H2,(H,23,26). The SMILES string of the molecule is O=C(NC1(c2noc(CC3CCCC3)n2)CCCCCC1)c1cccc[n+]1[O-]. The lowest BCUT2D eigenvalue weighted by molar-refractivity contribution is -0.607. The van der Waals surface area contributed by atoms with Gasteiger partial charge in [-0.25, -0.2) is 0 Å². The van der Waals surface area contributed by atoms with Crippen LogP contribution >= 0.6 is 0 Å². The van der Waals surface area contributed by atoms with E-state index in [-0.39, 0.29) is 11.6 Å². The van der Waals surface area contributed by atoms with Crippen molar-refractivity contribution in [1.82, 2.24) is 15.5 Å². The van der Waals surface area contributed by atoms with Crippen LogP contribution in [0.4, 0.5) is 0 Å². The number of aromatic nitrogens is 3. The summed E-state index contributed by atoms with van der Waals surface area (Å²) in [5.41, 5.74) is -0.589. The normalized spacial score (nSPS) is 20.0. The molecule has 0 aromatic carbocycles. The molecular weight excluding hydrogens is 356 g/mol. The molecule has 2 heterocycles. The molecular formula is C21H28N4O3. The van der Waals surface area contributed by atoms with Crippen LogP contribution in [0.5, 0.6) is 0 Å². The minimum atomic E-state index is -0.673. The van der Waals surface area contributed by atoms with Crippen LogP contribution in [0.3, 0.4) is 0 Å². The Kier molecular flexibility index (Phi) is 5.59. The van der Waals surface area contributed by atoms with Crippen molar-refractivity contribution in [1.29, 1.82) is 0 Å². The molecule has 0 atom stereocenters. The fraction of sp³-hybridized carbons (Fsp3) is 0.619. The van der Waals surface area contributed by atoms with Crippen molar-refractivity contribution >= 4 is 5.91 Å². The molecule has 2 fully saturated rings. The van der Waals surface area contributed by atoms with Crippen LogP contribution in [-0.4, -0.2) is 16.0 Å². The van der Waals surface area contributed by atoms with Gasteiger partial charge in [-0.3, -0.25) is 4.79 Å². The molecule has 2 aromatic rings. The Balaban J connectivity index is 1.58. The van der Waals surface area contributed by atoms with E-state index >= 15 is 0 Å². The van der Waals surface area contributed by atoms with Gasteiger partial charge in [-0.15, -0.1) is 0 Å². The molecule has 28 heavy (non-hydrogen) atoms. The molecule has 0 unspecified atom stereocenters. The maximum absolute atomic E-state index is 12.9. The van der Waals surface area contributed by atoms with Crippen LogP contribution < -0.4 is 10.0 Å². The maximum Gasteiger partial charge on any atom is 0.318 e. The van der Waals surface area contributed by atoms with Crippen molar-refractivity contribution in [2.24, 2.45) is 5.92 Å². The summed E-state index contributed by atoms with van der Waals surface area (Å²) in [4.78, 5) is 17.6. The summed E-state index contributed by atoms with van der Waals surface area (Å²) < 4.78 is 6.18. The minimum absolute atomic E-state index is 0.0841. The smallest absolute Gasteiger partial charge is 0.318 e. The zero-order valence-corrected chi connectivity index (χ0v) is 16.2. The molecule has 2 aromatic heterocycles. The zero-order chi connectivity index (χ0) is 19.4. The third-order valence-corrected chi connectivity index (χ3v) is 6.20. The quantitative estimate of drug-likeness (QED) is 0.484. The molecule has 0 bridgehead atoms. The summed E-state index contributed by atoms with van der Waals surface area (Å²) in [6.45, 7) is 0. The predicted octanol–water partition coefficient (Wildman–Crippen LogP) is 3.42. The van der Waals surface area contributed by atoms with Gasteiger partial charge in [0.2, 0.25) is 5.89 Å². The molecule has 0 aliphatic heterocycles. The molecule has 0 spiro atoms. The molecule has 0 saturated heterocycles. The van der Waals surface area contributed by atoms with Crippen molar-refractivity contribution in [3.05, 3.63) is 47.0 Å². The number of nitrogens with zero attached hydrogens (tertiary/aromatic N) is 3. The van der Waals surface area contributed by atoms with Crippen molar-refractivity contribution in [3.8, 4) is 0 Å². The van der Waals surface area contributed by atoms with Crippen molar-refractivity contribution < 1.29 is 14.0 Å². The molecule has 2 saturated carbocycles. The van der Waals surface area contributed by atoms with Gasteiger partial charge in [0.1, 0.15) is 5.54 Å². The second kappa shape index (κ2) is 8.29. The number of pyridine rings is 1. The highest BCUT2D eigenvalue weighted by molar-refractivity contribution is 5.91. The summed E-state index contributed by atoms with van der Waals surface area (Å²) in [7, 11) is 0. The molecule has 1 N–H and O–H groups in total. The van der Waals surface area contributed by atoms with Crippen LogP contribution in [0, 0.1) is 11.1 Å². The highest BCUT2D eigenvalue weighted by Gasteiger charge is 2.40. The van der Waals surface area contributed by atoms with Gasteiger partial charge in [-0.2, -0.15) is 9.71 Å². The minimum Gasteiger partial charge on any atom is -0.618 e. The van der Waals surface area contributed by atoms with E-state index in [9.17, 15) is 10.0 Å². The number of hydrogen-bond donors (Lipinski definition) is 1. The van der Waals surface area contributed by atoms with Crippen molar-refractivity contribution in [2.75, 3.05) is 0 Å². The Bertz CT molecular complexity index is 805. The Morgan fingerprint density at radius 3 is 2.64 bits per heavy atom. The molecule has 150 valence electrons. The monoisotopic (exact) mass is 384 g/mol. The molecule has 2 aliphatic rings. The predicted molar refractivity (Wildman–Crippen MR) is 102 cm³/mol. The van der Waals surface area contributed by atoms with E-state index in [2.05, 4.69) is 10.5 Å².